The lowest BCUT2D eigenvalue weighted by Gasteiger charge is -2.16. The molecule has 0 aliphatic heterocycles. The highest BCUT2D eigenvalue weighted by atomic mass is 35.5. The van der Waals surface area contributed by atoms with E-state index in [1.165, 1.54) is 22.8 Å². The van der Waals surface area contributed by atoms with Crippen molar-refractivity contribution in [3.8, 4) is 17.6 Å². The first-order valence-corrected chi connectivity index (χ1v) is 11.7. The summed E-state index contributed by atoms with van der Waals surface area (Å²) in [6, 6.07) is 16.8. The summed E-state index contributed by atoms with van der Waals surface area (Å²) in [4.78, 5) is 12.7. The number of nitrogens with zero attached hydrogens (tertiary/aromatic N) is 1. The zero-order chi connectivity index (χ0) is 25.5. The lowest BCUT2D eigenvalue weighted by atomic mass is 10.0. The van der Waals surface area contributed by atoms with Gasteiger partial charge in [0.1, 0.15) is 18.2 Å². The van der Waals surface area contributed by atoms with Crippen LogP contribution in [0.1, 0.15) is 40.3 Å². The summed E-state index contributed by atoms with van der Waals surface area (Å²) in [7, 11) is 0. The van der Waals surface area contributed by atoms with E-state index in [-0.39, 0.29) is 5.57 Å². The Morgan fingerprint density at radius 3 is 2.31 bits per heavy atom. The lowest BCUT2D eigenvalue weighted by molar-refractivity contribution is -0.112. The van der Waals surface area contributed by atoms with Crippen LogP contribution in [0.3, 0.4) is 0 Å². The maximum absolute atomic E-state index is 12.7. The molecule has 0 fully saturated rings. The lowest BCUT2D eigenvalue weighted by Crippen LogP contribution is -2.14. The first kappa shape index (κ1) is 25.9. The van der Waals surface area contributed by atoms with Crippen LogP contribution >= 0.6 is 11.6 Å². The van der Waals surface area contributed by atoms with Crippen LogP contribution in [0.25, 0.3) is 6.08 Å². The van der Waals surface area contributed by atoms with Gasteiger partial charge < -0.3 is 14.8 Å². The van der Waals surface area contributed by atoms with E-state index in [2.05, 4.69) is 38.2 Å². The monoisotopic (exact) mass is 488 g/mol. The highest BCUT2D eigenvalue weighted by Gasteiger charge is 2.13. The summed E-state index contributed by atoms with van der Waals surface area (Å²) >= 11 is 5.98. The number of carbonyl (C=O) groups excluding carboxylic acids is 1. The van der Waals surface area contributed by atoms with Crippen molar-refractivity contribution in [2.75, 3.05) is 11.9 Å². The predicted molar refractivity (Wildman–Crippen MR) is 141 cm³/mol. The van der Waals surface area contributed by atoms with Gasteiger partial charge in [-0.15, -0.1) is 0 Å². The van der Waals surface area contributed by atoms with E-state index in [1.54, 1.807) is 36.4 Å². The molecule has 0 atom stereocenters. The molecule has 35 heavy (non-hydrogen) atoms. The average Bonchev–Trinajstić information content (AvgIpc) is 2.79. The number of ether oxygens (including phenoxy) is 2. The summed E-state index contributed by atoms with van der Waals surface area (Å²) in [5, 5.41) is 12.9. The van der Waals surface area contributed by atoms with Crippen LogP contribution in [0.2, 0.25) is 5.02 Å². The zero-order valence-electron chi connectivity index (χ0n) is 20.7. The van der Waals surface area contributed by atoms with Crippen molar-refractivity contribution in [3.63, 3.8) is 0 Å². The second-order valence-electron chi connectivity index (χ2n) is 8.39. The van der Waals surface area contributed by atoms with E-state index in [0.29, 0.717) is 41.0 Å². The molecule has 6 heteroatoms. The Labute approximate surface area is 212 Å². The Morgan fingerprint density at radius 1 is 0.971 bits per heavy atom. The number of nitriles is 1. The third kappa shape index (κ3) is 6.65. The molecule has 3 aromatic carbocycles. The quantitative estimate of drug-likeness (QED) is 0.271. The number of nitrogens with one attached hydrogen (secondary N) is 1. The van der Waals surface area contributed by atoms with Gasteiger partial charge >= 0.3 is 0 Å². The third-order valence-corrected chi connectivity index (χ3v) is 5.83. The van der Waals surface area contributed by atoms with Crippen LogP contribution in [0, 0.1) is 39.0 Å². The minimum Gasteiger partial charge on any atom is -0.490 e. The number of rotatable bonds is 8. The standard InChI is InChI=1S/C29H29ClN2O3/c1-6-34-28-15-22(7-10-27(28)35-17-25-19(3)11-18(2)12-20(25)4)14-23(16-31)29(33)32-26-9-8-24(30)13-21(26)5/h7-15H,6,17H2,1-5H3,(H,32,33)/b23-14+. The molecule has 0 aliphatic rings. The Kier molecular flexibility index (Phi) is 8.57. The van der Waals surface area contributed by atoms with E-state index in [4.69, 9.17) is 21.1 Å². The number of halogens is 1. The fourth-order valence-corrected chi connectivity index (χ4v) is 4.09. The average molecular weight is 489 g/mol. The van der Waals surface area contributed by atoms with Crippen LogP contribution < -0.4 is 14.8 Å². The number of carbonyl (C=O) groups is 1. The van der Waals surface area contributed by atoms with Gasteiger partial charge in [0.2, 0.25) is 0 Å². The molecule has 5 nitrogen and oxygen atoms in total. The zero-order valence-corrected chi connectivity index (χ0v) is 21.4. The smallest absolute Gasteiger partial charge is 0.266 e. The van der Waals surface area contributed by atoms with Crippen molar-refractivity contribution in [3.05, 3.63) is 92.5 Å². The molecule has 180 valence electrons. The van der Waals surface area contributed by atoms with Crippen molar-refractivity contribution >= 4 is 29.3 Å². The number of hydrogen-bond donors (Lipinski definition) is 1. The number of aryl methyl sites for hydroxylation is 4. The molecular weight excluding hydrogens is 460 g/mol. The summed E-state index contributed by atoms with van der Waals surface area (Å²) < 4.78 is 11.9. The fraction of sp³-hybridized carbons (Fsp3) is 0.241. The van der Waals surface area contributed by atoms with Crippen molar-refractivity contribution in [2.24, 2.45) is 0 Å². The first-order chi connectivity index (χ1) is 16.7. The first-order valence-electron chi connectivity index (χ1n) is 11.4. The minimum atomic E-state index is -0.499. The Hall–Kier alpha value is -3.75. The third-order valence-electron chi connectivity index (χ3n) is 5.59. The summed E-state index contributed by atoms with van der Waals surface area (Å²) in [5.74, 6) is 0.652. The second-order valence-corrected chi connectivity index (χ2v) is 8.82. The second kappa shape index (κ2) is 11.6. The van der Waals surface area contributed by atoms with E-state index in [1.807, 2.05) is 19.9 Å². The van der Waals surface area contributed by atoms with Gasteiger partial charge in [0.25, 0.3) is 5.91 Å². The molecule has 3 aromatic rings. The molecule has 0 saturated carbocycles. The maximum atomic E-state index is 12.7. The number of hydrogen-bond acceptors (Lipinski definition) is 4. The van der Waals surface area contributed by atoms with Gasteiger partial charge in [0.15, 0.2) is 11.5 Å². The molecule has 1 N–H and O–H groups in total. The summed E-state index contributed by atoms with van der Waals surface area (Å²) in [6.45, 7) is 10.8. The SMILES string of the molecule is CCOc1cc(/C=C(\C#N)C(=O)Nc2ccc(Cl)cc2C)ccc1OCc1c(C)cc(C)cc1C. The molecule has 0 spiro atoms. The molecule has 0 bridgehead atoms. The maximum Gasteiger partial charge on any atom is 0.266 e. The molecule has 0 unspecified atom stereocenters. The number of benzene rings is 3. The van der Waals surface area contributed by atoms with Gasteiger partial charge in [0, 0.05) is 10.7 Å². The Balaban J connectivity index is 1.82. The minimum absolute atomic E-state index is 0.0265. The van der Waals surface area contributed by atoms with Crippen LogP contribution in [0.15, 0.2) is 54.1 Å². The van der Waals surface area contributed by atoms with Gasteiger partial charge in [-0.3, -0.25) is 4.79 Å². The van der Waals surface area contributed by atoms with E-state index in [9.17, 15) is 10.1 Å². The summed E-state index contributed by atoms with van der Waals surface area (Å²) in [6.07, 6.45) is 1.53. The van der Waals surface area contributed by atoms with Crippen LogP contribution in [-0.4, -0.2) is 12.5 Å². The van der Waals surface area contributed by atoms with Crippen molar-refractivity contribution in [1.29, 1.82) is 5.26 Å². The van der Waals surface area contributed by atoms with Crippen molar-refractivity contribution < 1.29 is 14.3 Å². The van der Waals surface area contributed by atoms with E-state index < -0.39 is 5.91 Å². The predicted octanol–water partition coefficient (Wildman–Crippen LogP) is 7.10. The summed E-state index contributed by atoms with van der Waals surface area (Å²) in [5.41, 5.74) is 6.76. The van der Waals surface area contributed by atoms with Crippen molar-refractivity contribution in [1.82, 2.24) is 0 Å². The largest absolute Gasteiger partial charge is 0.490 e. The molecule has 1 amide bonds. The molecule has 0 saturated heterocycles. The highest BCUT2D eigenvalue weighted by Crippen LogP contribution is 2.31. The molecule has 0 aromatic heterocycles. The van der Waals surface area contributed by atoms with Crippen molar-refractivity contribution in [2.45, 2.75) is 41.2 Å². The Morgan fingerprint density at radius 2 is 1.69 bits per heavy atom. The number of amides is 1. The highest BCUT2D eigenvalue weighted by molar-refractivity contribution is 6.30. The van der Waals surface area contributed by atoms with Gasteiger partial charge in [-0.25, -0.2) is 0 Å². The van der Waals surface area contributed by atoms with Crippen LogP contribution in [0.4, 0.5) is 5.69 Å². The van der Waals surface area contributed by atoms with E-state index >= 15 is 0 Å². The van der Waals surface area contributed by atoms with Crippen LogP contribution in [0.5, 0.6) is 11.5 Å². The topological polar surface area (TPSA) is 71.3 Å². The molecule has 0 heterocycles. The number of anilines is 1. The molecule has 0 radical (unpaired) electrons. The Bertz CT molecular complexity index is 1300. The normalized spacial score (nSPS) is 11.1. The molecule has 3 rings (SSSR count). The van der Waals surface area contributed by atoms with E-state index in [0.717, 1.165) is 11.1 Å². The fourth-order valence-electron chi connectivity index (χ4n) is 3.86. The molecule has 0 aliphatic carbocycles. The van der Waals surface area contributed by atoms with Gasteiger partial charge in [-0.1, -0.05) is 35.4 Å². The molecular formula is C29H29ClN2O3. The van der Waals surface area contributed by atoms with Gasteiger partial charge in [0.05, 0.1) is 6.61 Å². The van der Waals surface area contributed by atoms with Gasteiger partial charge in [-0.05, 0) is 98.8 Å². The van der Waals surface area contributed by atoms with Gasteiger partial charge in [-0.2, -0.15) is 5.26 Å². The van der Waals surface area contributed by atoms with Crippen LogP contribution in [-0.2, 0) is 11.4 Å².